The fraction of sp³-hybridized carbons (Fsp3) is 0.250. The molecule has 20 heavy (non-hydrogen) atoms. The molecule has 0 atom stereocenters. The van der Waals surface area contributed by atoms with Crippen molar-refractivity contribution in [1.29, 1.82) is 0 Å². The van der Waals surface area contributed by atoms with E-state index in [0.717, 1.165) is 0 Å². The average Bonchev–Trinajstić information content (AvgIpc) is 2.99. The Hall–Kier alpha value is -1.94. The first kappa shape index (κ1) is 14.5. The van der Waals surface area contributed by atoms with Crippen LogP contribution in [0.5, 0.6) is 5.75 Å². The van der Waals surface area contributed by atoms with Crippen molar-refractivity contribution in [3.63, 3.8) is 0 Å². The fourth-order valence-corrected chi connectivity index (χ4v) is 2.59. The van der Waals surface area contributed by atoms with Gasteiger partial charge in [0, 0.05) is 12.8 Å². The van der Waals surface area contributed by atoms with Gasteiger partial charge in [-0.25, -0.2) is 0 Å². The average molecular weight is 288 g/mol. The van der Waals surface area contributed by atoms with Gasteiger partial charge in [0.1, 0.15) is 5.75 Å². The maximum atomic E-state index is 12.2. The molecule has 1 aromatic carbocycles. The van der Waals surface area contributed by atoms with E-state index >= 15 is 0 Å². The summed E-state index contributed by atoms with van der Waals surface area (Å²) in [4.78, 5) is 24.8. The summed E-state index contributed by atoms with van der Waals surface area (Å²) in [7, 11) is 0. The molecule has 0 aliphatic heterocycles. The van der Waals surface area contributed by atoms with Crippen LogP contribution in [0.25, 0.3) is 0 Å². The molecular weight excluding hydrogens is 272 g/mol. The summed E-state index contributed by atoms with van der Waals surface area (Å²) in [6.07, 6.45) is 0.445. The molecule has 0 aliphatic rings. The van der Waals surface area contributed by atoms with E-state index in [-0.39, 0.29) is 24.4 Å². The number of ketones is 2. The summed E-state index contributed by atoms with van der Waals surface area (Å²) < 4.78 is 5.43. The van der Waals surface area contributed by atoms with E-state index in [2.05, 4.69) is 0 Å². The van der Waals surface area contributed by atoms with Crippen LogP contribution in [-0.2, 0) is 0 Å². The molecule has 1 heterocycles. The highest BCUT2D eigenvalue weighted by molar-refractivity contribution is 7.12. The summed E-state index contributed by atoms with van der Waals surface area (Å²) >= 11 is 1.40. The van der Waals surface area contributed by atoms with Crippen molar-refractivity contribution < 1.29 is 14.3 Å². The van der Waals surface area contributed by atoms with Gasteiger partial charge in [-0.2, -0.15) is 0 Å². The van der Waals surface area contributed by atoms with Crippen LogP contribution in [-0.4, -0.2) is 18.2 Å². The van der Waals surface area contributed by atoms with Gasteiger partial charge < -0.3 is 4.74 Å². The molecule has 0 aliphatic carbocycles. The zero-order chi connectivity index (χ0) is 14.4. The highest BCUT2D eigenvalue weighted by Gasteiger charge is 2.14. The Kier molecular flexibility index (Phi) is 5.07. The van der Waals surface area contributed by atoms with E-state index in [1.807, 2.05) is 24.4 Å². The zero-order valence-corrected chi connectivity index (χ0v) is 12.1. The first-order valence-electron chi connectivity index (χ1n) is 6.54. The lowest BCUT2D eigenvalue weighted by molar-refractivity contribution is 0.0917. The topological polar surface area (TPSA) is 43.4 Å². The maximum absolute atomic E-state index is 12.2. The second-order valence-electron chi connectivity index (χ2n) is 4.25. The second-order valence-corrected chi connectivity index (χ2v) is 5.20. The molecule has 2 rings (SSSR count). The van der Waals surface area contributed by atoms with Gasteiger partial charge in [-0.05, 0) is 30.5 Å². The number of thiophene rings is 1. The minimum atomic E-state index is -0.0565. The third-order valence-electron chi connectivity index (χ3n) is 2.86. The highest BCUT2D eigenvalue weighted by Crippen LogP contribution is 2.21. The molecule has 0 unspecified atom stereocenters. The van der Waals surface area contributed by atoms with E-state index in [9.17, 15) is 9.59 Å². The van der Waals surface area contributed by atoms with Gasteiger partial charge >= 0.3 is 0 Å². The second kappa shape index (κ2) is 7.01. The lowest BCUT2D eigenvalue weighted by Gasteiger charge is -2.08. The number of Topliss-reactive ketones (excluding diaryl/α,β-unsaturated/α-hetero) is 2. The van der Waals surface area contributed by atoms with E-state index < -0.39 is 0 Å². The fourth-order valence-electron chi connectivity index (χ4n) is 1.90. The molecule has 104 valence electrons. The Balaban J connectivity index is 2.00. The number of carbonyl (C=O) groups is 2. The van der Waals surface area contributed by atoms with Crippen molar-refractivity contribution in [3.05, 3.63) is 52.2 Å². The third-order valence-corrected chi connectivity index (χ3v) is 3.77. The quantitative estimate of drug-likeness (QED) is 0.723. The molecule has 4 heteroatoms. The Bertz CT molecular complexity index is 588. The number of benzene rings is 1. The zero-order valence-electron chi connectivity index (χ0n) is 11.3. The highest BCUT2D eigenvalue weighted by atomic mass is 32.1. The van der Waals surface area contributed by atoms with Gasteiger partial charge in [0.15, 0.2) is 11.6 Å². The predicted octanol–water partition coefficient (Wildman–Crippen LogP) is 3.99. The van der Waals surface area contributed by atoms with Gasteiger partial charge in [-0.1, -0.05) is 18.2 Å². The summed E-state index contributed by atoms with van der Waals surface area (Å²) in [5, 5.41) is 1.86. The van der Waals surface area contributed by atoms with Gasteiger partial charge in [-0.3, -0.25) is 9.59 Å². The van der Waals surface area contributed by atoms with Crippen molar-refractivity contribution in [2.45, 2.75) is 19.8 Å². The Morgan fingerprint density at radius 3 is 2.50 bits per heavy atom. The molecule has 0 bridgehead atoms. The molecule has 0 saturated carbocycles. The largest absolute Gasteiger partial charge is 0.493 e. The van der Waals surface area contributed by atoms with E-state index in [1.54, 1.807) is 24.3 Å². The number of rotatable bonds is 7. The molecule has 1 aromatic heterocycles. The van der Waals surface area contributed by atoms with Crippen LogP contribution in [0.15, 0.2) is 41.8 Å². The Morgan fingerprint density at radius 1 is 1.05 bits per heavy atom. The number of hydrogen-bond acceptors (Lipinski definition) is 4. The van der Waals surface area contributed by atoms with Crippen LogP contribution in [0.4, 0.5) is 0 Å². The summed E-state index contributed by atoms with van der Waals surface area (Å²) in [5.74, 6) is 0.546. The molecule has 3 nitrogen and oxygen atoms in total. The van der Waals surface area contributed by atoms with Crippen molar-refractivity contribution >= 4 is 22.9 Å². The standard InChI is InChI=1S/C16H16O3S/c1-2-19-15-7-4-3-6-12(15)13(17)9-10-14(18)16-8-5-11-20-16/h3-8,11H,2,9-10H2,1H3. The van der Waals surface area contributed by atoms with E-state index in [1.165, 1.54) is 11.3 Å². The first-order chi connectivity index (χ1) is 9.72. The summed E-state index contributed by atoms with van der Waals surface area (Å²) in [6, 6.07) is 10.8. The van der Waals surface area contributed by atoms with Gasteiger partial charge in [0.05, 0.1) is 17.0 Å². The van der Waals surface area contributed by atoms with Crippen LogP contribution in [0, 0.1) is 0 Å². The molecule has 0 amide bonds. The predicted molar refractivity (Wildman–Crippen MR) is 79.8 cm³/mol. The minimum Gasteiger partial charge on any atom is -0.493 e. The van der Waals surface area contributed by atoms with Gasteiger partial charge in [-0.15, -0.1) is 11.3 Å². The van der Waals surface area contributed by atoms with Crippen LogP contribution in [0.1, 0.15) is 39.8 Å². The Morgan fingerprint density at radius 2 is 1.80 bits per heavy atom. The van der Waals surface area contributed by atoms with Gasteiger partial charge in [0.25, 0.3) is 0 Å². The first-order valence-corrected chi connectivity index (χ1v) is 7.42. The molecule has 0 saturated heterocycles. The molecule has 0 N–H and O–H groups in total. The van der Waals surface area contributed by atoms with E-state index in [4.69, 9.17) is 4.74 Å². The van der Waals surface area contributed by atoms with Crippen LogP contribution >= 0.6 is 11.3 Å². The number of para-hydroxylation sites is 1. The smallest absolute Gasteiger partial charge is 0.173 e. The van der Waals surface area contributed by atoms with E-state index in [0.29, 0.717) is 22.8 Å². The van der Waals surface area contributed by atoms with Crippen LogP contribution in [0.2, 0.25) is 0 Å². The summed E-state index contributed by atoms with van der Waals surface area (Å²) in [6.45, 7) is 2.39. The van der Waals surface area contributed by atoms with Crippen molar-refractivity contribution in [1.82, 2.24) is 0 Å². The SMILES string of the molecule is CCOc1ccccc1C(=O)CCC(=O)c1cccs1. The molecule has 0 spiro atoms. The molecule has 2 aromatic rings. The number of carbonyl (C=O) groups excluding carboxylic acids is 2. The monoisotopic (exact) mass is 288 g/mol. The third kappa shape index (κ3) is 3.54. The lowest BCUT2D eigenvalue weighted by Crippen LogP contribution is -2.06. The van der Waals surface area contributed by atoms with Crippen LogP contribution < -0.4 is 4.74 Å². The number of hydrogen-bond donors (Lipinski definition) is 0. The molecule has 0 radical (unpaired) electrons. The molecular formula is C16H16O3S. The summed E-state index contributed by atoms with van der Waals surface area (Å²) in [5.41, 5.74) is 0.549. The number of ether oxygens (including phenoxy) is 1. The molecule has 0 fully saturated rings. The minimum absolute atomic E-state index is 0.0160. The van der Waals surface area contributed by atoms with Crippen LogP contribution in [0.3, 0.4) is 0 Å². The lowest BCUT2D eigenvalue weighted by atomic mass is 10.0. The Labute approximate surface area is 122 Å². The maximum Gasteiger partial charge on any atom is 0.173 e. The van der Waals surface area contributed by atoms with Gasteiger partial charge in [0.2, 0.25) is 0 Å². The normalized spacial score (nSPS) is 10.2. The van der Waals surface area contributed by atoms with Crippen molar-refractivity contribution in [3.8, 4) is 5.75 Å². The van der Waals surface area contributed by atoms with Crippen molar-refractivity contribution in [2.24, 2.45) is 0 Å². The van der Waals surface area contributed by atoms with Crippen molar-refractivity contribution in [2.75, 3.05) is 6.61 Å².